The van der Waals surface area contributed by atoms with E-state index in [-0.39, 0.29) is 6.10 Å². The number of rotatable bonds is 7. The van der Waals surface area contributed by atoms with Crippen molar-refractivity contribution in [3.63, 3.8) is 0 Å². The van der Waals surface area contributed by atoms with E-state index in [0.717, 1.165) is 29.5 Å². The van der Waals surface area contributed by atoms with Gasteiger partial charge in [-0.1, -0.05) is 35.9 Å². The van der Waals surface area contributed by atoms with Crippen LogP contribution >= 0.6 is 11.6 Å². The number of nitrogens with zero attached hydrogens (tertiary/aromatic N) is 1. The minimum absolute atomic E-state index is 0.0451. The van der Waals surface area contributed by atoms with Crippen LogP contribution in [-0.4, -0.2) is 17.7 Å². The van der Waals surface area contributed by atoms with Crippen LogP contribution in [0, 0.1) is 0 Å². The molecule has 2 N–H and O–H groups in total. The first-order valence-electron chi connectivity index (χ1n) is 8.33. The quantitative estimate of drug-likeness (QED) is 0.598. The van der Waals surface area contributed by atoms with Crippen molar-refractivity contribution in [3.05, 3.63) is 59.6 Å². The summed E-state index contributed by atoms with van der Waals surface area (Å²) in [5.41, 5.74) is 6.59. The van der Waals surface area contributed by atoms with Gasteiger partial charge in [0.2, 0.25) is 0 Å². The number of para-hydroxylation sites is 2. The van der Waals surface area contributed by atoms with E-state index >= 15 is 0 Å². The van der Waals surface area contributed by atoms with Crippen molar-refractivity contribution in [1.29, 1.82) is 0 Å². The molecule has 0 bridgehead atoms. The van der Waals surface area contributed by atoms with Crippen LogP contribution in [0.4, 0.5) is 5.82 Å². The van der Waals surface area contributed by atoms with Crippen LogP contribution < -0.4 is 15.2 Å². The number of hydrogen-bond donors (Lipinski definition) is 1. The van der Waals surface area contributed by atoms with Gasteiger partial charge in [-0.05, 0) is 50.1 Å². The molecule has 25 heavy (non-hydrogen) atoms. The SMILES string of the molecule is CC(CCCOc1ccccc1Cl)Oc1cccc2ccc(N)nc12. The number of nitrogens with two attached hydrogens (primary N) is 1. The highest BCUT2D eigenvalue weighted by Crippen LogP contribution is 2.26. The van der Waals surface area contributed by atoms with Crippen LogP contribution in [0.3, 0.4) is 0 Å². The molecule has 0 saturated heterocycles. The number of benzene rings is 2. The molecule has 0 amide bonds. The molecule has 0 saturated carbocycles. The first-order valence-corrected chi connectivity index (χ1v) is 8.70. The number of aromatic nitrogens is 1. The predicted octanol–water partition coefficient (Wildman–Crippen LogP) is 5.10. The summed E-state index contributed by atoms with van der Waals surface area (Å²) in [5.74, 6) is 1.96. The molecule has 2 aromatic carbocycles. The zero-order valence-electron chi connectivity index (χ0n) is 14.1. The lowest BCUT2D eigenvalue weighted by molar-refractivity contribution is 0.195. The second kappa shape index (κ2) is 8.08. The summed E-state index contributed by atoms with van der Waals surface area (Å²) in [6.07, 6.45) is 1.78. The number of ether oxygens (including phenoxy) is 2. The number of pyridine rings is 1. The molecule has 0 aliphatic carbocycles. The molecule has 0 spiro atoms. The van der Waals surface area contributed by atoms with Crippen molar-refractivity contribution >= 4 is 28.3 Å². The molecular weight excluding hydrogens is 336 g/mol. The molecule has 3 aromatic rings. The third-order valence-corrected chi connectivity index (χ3v) is 4.19. The van der Waals surface area contributed by atoms with Crippen molar-refractivity contribution in [3.8, 4) is 11.5 Å². The zero-order valence-corrected chi connectivity index (χ0v) is 14.9. The van der Waals surface area contributed by atoms with Gasteiger partial charge in [0.05, 0.1) is 17.7 Å². The lowest BCUT2D eigenvalue weighted by Crippen LogP contribution is -2.13. The molecule has 3 rings (SSSR count). The summed E-state index contributed by atoms with van der Waals surface area (Å²) in [6.45, 7) is 2.64. The third-order valence-electron chi connectivity index (χ3n) is 3.88. The number of fused-ring (bicyclic) bond motifs is 1. The number of hydrogen-bond acceptors (Lipinski definition) is 4. The third kappa shape index (κ3) is 4.54. The molecule has 4 nitrogen and oxygen atoms in total. The number of anilines is 1. The second-order valence-corrected chi connectivity index (χ2v) is 6.32. The summed E-state index contributed by atoms with van der Waals surface area (Å²) in [5, 5.41) is 1.65. The summed E-state index contributed by atoms with van der Waals surface area (Å²) >= 11 is 6.07. The van der Waals surface area contributed by atoms with Gasteiger partial charge in [-0.3, -0.25) is 0 Å². The summed E-state index contributed by atoms with van der Waals surface area (Å²) < 4.78 is 11.8. The van der Waals surface area contributed by atoms with E-state index in [1.54, 1.807) is 6.07 Å². The van der Waals surface area contributed by atoms with E-state index in [4.69, 9.17) is 26.8 Å². The molecule has 1 aromatic heterocycles. The van der Waals surface area contributed by atoms with Crippen LogP contribution in [-0.2, 0) is 0 Å². The largest absolute Gasteiger partial charge is 0.492 e. The molecule has 0 aliphatic rings. The fourth-order valence-electron chi connectivity index (χ4n) is 2.62. The van der Waals surface area contributed by atoms with Gasteiger partial charge in [0, 0.05) is 5.39 Å². The Morgan fingerprint density at radius 3 is 2.68 bits per heavy atom. The van der Waals surface area contributed by atoms with E-state index in [9.17, 15) is 0 Å². The highest BCUT2D eigenvalue weighted by atomic mass is 35.5. The first-order chi connectivity index (χ1) is 12.1. The highest BCUT2D eigenvalue weighted by Gasteiger charge is 2.09. The van der Waals surface area contributed by atoms with Gasteiger partial charge in [-0.25, -0.2) is 4.98 Å². The Morgan fingerprint density at radius 1 is 1.04 bits per heavy atom. The van der Waals surface area contributed by atoms with Crippen LogP contribution in [0.15, 0.2) is 54.6 Å². The van der Waals surface area contributed by atoms with Gasteiger partial charge in [0.1, 0.15) is 22.8 Å². The van der Waals surface area contributed by atoms with Crippen LogP contribution in [0.1, 0.15) is 19.8 Å². The Kier molecular flexibility index (Phi) is 5.61. The van der Waals surface area contributed by atoms with Crippen molar-refractivity contribution < 1.29 is 9.47 Å². The van der Waals surface area contributed by atoms with E-state index in [1.165, 1.54) is 0 Å². The maximum absolute atomic E-state index is 6.07. The van der Waals surface area contributed by atoms with Crippen molar-refractivity contribution in [2.45, 2.75) is 25.9 Å². The summed E-state index contributed by atoms with van der Waals surface area (Å²) in [6, 6.07) is 17.1. The Hall–Kier alpha value is -2.46. The first kappa shape index (κ1) is 17.4. The maximum Gasteiger partial charge on any atom is 0.146 e. The highest BCUT2D eigenvalue weighted by molar-refractivity contribution is 6.32. The fourth-order valence-corrected chi connectivity index (χ4v) is 2.81. The van der Waals surface area contributed by atoms with E-state index in [0.29, 0.717) is 23.2 Å². The normalized spacial score (nSPS) is 12.1. The molecule has 5 heteroatoms. The van der Waals surface area contributed by atoms with Gasteiger partial charge in [-0.2, -0.15) is 0 Å². The number of halogens is 1. The van der Waals surface area contributed by atoms with Crippen LogP contribution in [0.2, 0.25) is 5.02 Å². The molecular formula is C20H21ClN2O2. The minimum atomic E-state index is 0.0451. The average Bonchev–Trinajstić information content (AvgIpc) is 2.61. The maximum atomic E-state index is 6.07. The Balaban J connectivity index is 1.54. The molecule has 1 atom stereocenters. The van der Waals surface area contributed by atoms with Crippen LogP contribution in [0.5, 0.6) is 11.5 Å². The topological polar surface area (TPSA) is 57.4 Å². The van der Waals surface area contributed by atoms with Gasteiger partial charge < -0.3 is 15.2 Å². The fraction of sp³-hybridized carbons (Fsp3) is 0.250. The average molecular weight is 357 g/mol. The second-order valence-electron chi connectivity index (χ2n) is 5.91. The zero-order chi connectivity index (χ0) is 17.6. The van der Waals surface area contributed by atoms with Crippen molar-refractivity contribution in [2.75, 3.05) is 12.3 Å². The molecule has 1 unspecified atom stereocenters. The molecule has 1 heterocycles. The molecule has 0 aliphatic heterocycles. The van der Waals surface area contributed by atoms with E-state index < -0.39 is 0 Å². The Morgan fingerprint density at radius 2 is 1.84 bits per heavy atom. The smallest absolute Gasteiger partial charge is 0.146 e. The van der Waals surface area contributed by atoms with Crippen LogP contribution in [0.25, 0.3) is 10.9 Å². The van der Waals surface area contributed by atoms with E-state index in [1.807, 2.05) is 55.5 Å². The standard InChI is InChI=1S/C20H21ClN2O2/c1-14(6-5-13-24-17-9-3-2-8-16(17)21)25-18-10-4-7-15-11-12-19(22)23-20(15)18/h2-4,7-12,14H,5-6,13H2,1H3,(H2,22,23). The van der Waals surface area contributed by atoms with Gasteiger partial charge >= 0.3 is 0 Å². The molecule has 130 valence electrons. The number of nitrogen functional groups attached to an aromatic ring is 1. The predicted molar refractivity (Wildman–Crippen MR) is 102 cm³/mol. The summed E-state index contributed by atoms with van der Waals surface area (Å²) in [4.78, 5) is 4.39. The van der Waals surface area contributed by atoms with E-state index in [2.05, 4.69) is 4.98 Å². The Bertz CT molecular complexity index is 854. The van der Waals surface area contributed by atoms with Gasteiger partial charge in [0.25, 0.3) is 0 Å². The monoisotopic (exact) mass is 356 g/mol. The van der Waals surface area contributed by atoms with Gasteiger partial charge in [-0.15, -0.1) is 0 Å². The minimum Gasteiger partial charge on any atom is -0.492 e. The molecule has 0 fully saturated rings. The molecule has 0 radical (unpaired) electrons. The van der Waals surface area contributed by atoms with Crippen molar-refractivity contribution in [1.82, 2.24) is 4.98 Å². The van der Waals surface area contributed by atoms with Crippen molar-refractivity contribution in [2.24, 2.45) is 0 Å². The Labute approximate surface area is 152 Å². The lowest BCUT2D eigenvalue weighted by Gasteiger charge is -2.16. The summed E-state index contributed by atoms with van der Waals surface area (Å²) in [7, 11) is 0. The lowest BCUT2D eigenvalue weighted by atomic mass is 10.2. The van der Waals surface area contributed by atoms with Gasteiger partial charge in [0.15, 0.2) is 0 Å².